The van der Waals surface area contributed by atoms with E-state index < -0.39 is 21.6 Å². The van der Waals surface area contributed by atoms with Crippen molar-refractivity contribution in [1.82, 2.24) is 0 Å². The summed E-state index contributed by atoms with van der Waals surface area (Å²) in [4.78, 5) is 22.5. The van der Waals surface area contributed by atoms with Crippen molar-refractivity contribution in [2.45, 2.75) is 38.6 Å². The van der Waals surface area contributed by atoms with Gasteiger partial charge < -0.3 is 19.3 Å². The summed E-state index contributed by atoms with van der Waals surface area (Å²) in [5.41, 5.74) is 0. The topological polar surface area (TPSA) is 64.6 Å². The van der Waals surface area contributed by atoms with Crippen LogP contribution in [0.3, 0.4) is 0 Å². The van der Waals surface area contributed by atoms with Crippen LogP contribution in [-0.2, 0) is 9.47 Å². The van der Waals surface area contributed by atoms with Crippen molar-refractivity contribution in [3.63, 3.8) is 0 Å². The number of hydrogen-bond donors (Lipinski definition) is 0. The summed E-state index contributed by atoms with van der Waals surface area (Å²) in [7, 11) is -4.81. The molecule has 0 aliphatic heterocycles. The second-order valence-electron chi connectivity index (χ2n) is 3.95. The van der Waals surface area contributed by atoms with Gasteiger partial charge >= 0.3 is 0 Å². The predicted octanol–water partition coefficient (Wildman–Crippen LogP) is 0.623. The maximum absolute atomic E-state index is 11.3. The molecule has 0 rings (SSSR count). The molecule has 0 saturated carbocycles. The highest BCUT2D eigenvalue weighted by Gasteiger charge is 2.43. The normalized spacial score (nSPS) is 13.7. The molecular weight excluding hydrogens is 219 g/mol. The average Bonchev–Trinajstić information content (AvgIpc) is 2.01. The molecule has 0 spiro atoms. The van der Waals surface area contributed by atoms with Gasteiger partial charge in [0, 0.05) is 13.2 Å². The zero-order valence-electron chi connectivity index (χ0n) is 9.49. The zero-order valence-corrected chi connectivity index (χ0v) is 11.4. The van der Waals surface area contributed by atoms with E-state index in [1.54, 1.807) is 13.8 Å². The van der Waals surface area contributed by atoms with Crippen LogP contribution in [0, 0.1) is 0 Å². The van der Waals surface area contributed by atoms with Gasteiger partial charge in [-0.2, -0.15) is 0 Å². The predicted molar refractivity (Wildman–Crippen MR) is 56.2 cm³/mol. The van der Waals surface area contributed by atoms with E-state index in [0.29, 0.717) is 13.2 Å². The molecule has 14 heavy (non-hydrogen) atoms. The molecule has 0 N–H and O–H groups in total. The second kappa shape index (κ2) is 5.54. The molecule has 0 aromatic heterocycles. The first-order valence-corrected chi connectivity index (χ1v) is 9.42. The Kier molecular flexibility index (Phi) is 5.73. The maximum Gasteiger partial charge on any atom is 0.139 e. The lowest BCUT2D eigenvalue weighted by atomic mass is 10.8. The van der Waals surface area contributed by atoms with Gasteiger partial charge in [0.1, 0.15) is 13.2 Å². The van der Waals surface area contributed by atoms with Crippen LogP contribution in [0.2, 0.25) is 19.6 Å². The first-order chi connectivity index (χ1) is 6.31. The van der Waals surface area contributed by atoms with E-state index in [1.807, 2.05) is 19.6 Å². The van der Waals surface area contributed by atoms with Gasteiger partial charge in [-0.3, -0.25) is 8.38 Å². The van der Waals surface area contributed by atoms with Gasteiger partial charge in [0.15, 0.2) is 0 Å². The van der Waals surface area contributed by atoms with Crippen LogP contribution < -0.4 is 9.79 Å². The molecule has 6 heteroatoms. The van der Waals surface area contributed by atoms with Crippen molar-refractivity contribution in [2.75, 3.05) is 13.2 Å². The van der Waals surface area contributed by atoms with Crippen LogP contribution in [0.15, 0.2) is 0 Å². The number of ether oxygens (including phenoxy) is 2. The summed E-state index contributed by atoms with van der Waals surface area (Å²) >= 11 is 0. The summed E-state index contributed by atoms with van der Waals surface area (Å²) in [6.45, 7) is 9.98. The lowest BCUT2D eigenvalue weighted by Gasteiger charge is -2.56. The van der Waals surface area contributed by atoms with Crippen LogP contribution in [0.4, 0.5) is 0 Å². The summed E-state index contributed by atoms with van der Waals surface area (Å²) in [5, 5.41) is -1.37. The Morgan fingerprint density at radius 1 is 1.07 bits per heavy atom. The molecule has 0 fully saturated rings. The van der Waals surface area contributed by atoms with E-state index in [4.69, 9.17) is 9.47 Å². The van der Waals surface area contributed by atoms with Gasteiger partial charge in [-0.25, -0.2) is 0 Å². The molecular formula is C8H19O4PSi-2. The summed E-state index contributed by atoms with van der Waals surface area (Å²) in [6.07, 6.45) is 0. The Hall–Kier alpha value is 0.487. The second-order valence-corrected chi connectivity index (χ2v) is 10.6. The molecule has 0 aromatic rings. The molecule has 0 aliphatic carbocycles. The van der Waals surface area contributed by atoms with E-state index in [-0.39, 0.29) is 0 Å². The quantitative estimate of drug-likeness (QED) is 0.386. The summed E-state index contributed by atoms with van der Waals surface area (Å²) in [6, 6.07) is 0. The lowest BCUT2D eigenvalue weighted by Crippen LogP contribution is -2.58. The minimum Gasteiger partial charge on any atom is -0.838 e. The first-order valence-electron chi connectivity index (χ1n) is 4.74. The molecule has 0 amide bonds. The molecule has 4 nitrogen and oxygen atoms in total. The Labute approximate surface area is 88.2 Å². The Bertz CT molecular complexity index is 163. The standard InChI is InChI=1S/C8H19O4PSi/c1-6-11-8(12-7-2,13(9)10)14(3,4)5/h6-7H2,1-5H3/q-2. The first kappa shape index (κ1) is 14.5. The summed E-state index contributed by atoms with van der Waals surface area (Å²) in [5.74, 6) is 0. The van der Waals surface area contributed by atoms with Gasteiger partial charge in [-0.05, 0) is 13.8 Å². The van der Waals surface area contributed by atoms with Gasteiger partial charge in [0.25, 0.3) is 0 Å². The van der Waals surface area contributed by atoms with Gasteiger partial charge in [-0.15, -0.1) is 0 Å². The third-order valence-electron chi connectivity index (χ3n) is 1.87. The molecule has 0 unspecified atom stereocenters. The Balaban J connectivity index is 4.94. The van der Waals surface area contributed by atoms with Crippen LogP contribution in [0.25, 0.3) is 0 Å². The highest BCUT2D eigenvalue weighted by molar-refractivity contribution is 7.47. The number of rotatable bonds is 6. The molecule has 86 valence electrons. The summed E-state index contributed by atoms with van der Waals surface area (Å²) < 4.78 is 10.7. The number of hydrogen-bond acceptors (Lipinski definition) is 4. The van der Waals surface area contributed by atoms with Crippen molar-refractivity contribution in [3.05, 3.63) is 0 Å². The fourth-order valence-electron chi connectivity index (χ4n) is 1.25. The molecule has 0 aliphatic rings. The van der Waals surface area contributed by atoms with Crippen LogP contribution >= 0.6 is 8.38 Å². The molecule has 0 bridgehead atoms. The minimum absolute atomic E-state index is 0.341. The van der Waals surface area contributed by atoms with Gasteiger partial charge in [0.05, 0.1) is 0 Å². The highest BCUT2D eigenvalue weighted by Crippen LogP contribution is 2.44. The highest BCUT2D eigenvalue weighted by atomic mass is 31.2. The van der Waals surface area contributed by atoms with E-state index in [0.717, 1.165) is 0 Å². The van der Waals surface area contributed by atoms with Gasteiger partial charge in [-0.1, -0.05) is 19.6 Å². The average molecular weight is 238 g/mol. The SMILES string of the molecule is CCOC(OCC)(P([O-])[O-])[Si](C)(C)C. The third kappa shape index (κ3) is 2.99. The van der Waals surface area contributed by atoms with Crippen LogP contribution in [-0.4, -0.2) is 26.4 Å². The fourth-order valence-corrected chi connectivity index (χ4v) is 5.06. The zero-order chi connectivity index (χ0) is 11.4. The minimum atomic E-state index is -2.73. The third-order valence-corrected chi connectivity index (χ3v) is 7.35. The van der Waals surface area contributed by atoms with Crippen molar-refractivity contribution in [2.24, 2.45) is 0 Å². The smallest absolute Gasteiger partial charge is 0.139 e. The van der Waals surface area contributed by atoms with E-state index in [9.17, 15) is 9.79 Å². The van der Waals surface area contributed by atoms with Crippen molar-refractivity contribution >= 4 is 16.4 Å². The molecule has 0 heterocycles. The fraction of sp³-hybridized carbons (Fsp3) is 1.00. The van der Waals surface area contributed by atoms with Crippen molar-refractivity contribution in [3.8, 4) is 0 Å². The molecule has 0 radical (unpaired) electrons. The van der Waals surface area contributed by atoms with Crippen molar-refractivity contribution in [1.29, 1.82) is 0 Å². The van der Waals surface area contributed by atoms with Crippen LogP contribution in [0.1, 0.15) is 13.8 Å². The van der Waals surface area contributed by atoms with Gasteiger partial charge in [0.2, 0.25) is 0 Å². The maximum atomic E-state index is 11.3. The molecule has 0 aromatic carbocycles. The van der Waals surface area contributed by atoms with E-state index in [1.165, 1.54) is 0 Å². The Morgan fingerprint density at radius 3 is 1.57 bits per heavy atom. The monoisotopic (exact) mass is 238 g/mol. The van der Waals surface area contributed by atoms with Crippen LogP contribution in [0.5, 0.6) is 0 Å². The molecule has 0 atom stereocenters. The van der Waals surface area contributed by atoms with E-state index >= 15 is 0 Å². The van der Waals surface area contributed by atoms with Crippen molar-refractivity contribution < 1.29 is 19.3 Å². The largest absolute Gasteiger partial charge is 0.838 e. The Morgan fingerprint density at radius 2 is 1.43 bits per heavy atom. The molecule has 0 saturated heterocycles. The lowest BCUT2D eigenvalue weighted by molar-refractivity contribution is -0.323. The van der Waals surface area contributed by atoms with E-state index in [2.05, 4.69) is 0 Å².